The Labute approximate surface area is 97.0 Å². The molecule has 0 aliphatic rings. The van der Waals surface area contributed by atoms with Gasteiger partial charge in [-0.25, -0.2) is 0 Å². The van der Waals surface area contributed by atoms with Gasteiger partial charge < -0.3 is 15.2 Å². The van der Waals surface area contributed by atoms with Crippen LogP contribution in [0.4, 0.5) is 0 Å². The normalized spacial score (nSPS) is 10.1. The molecule has 0 saturated carbocycles. The molecule has 0 fully saturated rings. The molecule has 0 aliphatic heterocycles. The van der Waals surface area contributed by atoms with E-state index >= 15 is 0 Å². The average Bonchev–Trinajstić information content (AvgIpc) is 2.65. The lowest BCUT2D eigenvalue weighted by molar-refractivity contribution is -0.139. The molecule has 16 heavy (non-hydrogen) atoms. The summed E-state index contributed by atoms with van der Waals surface area (Å²) in [5.41, 5.74) is 0. The fraction of sp³-hybridized carbons (Fsp3) is 0.400. The summed E-state index contributed by atoms with van der Waals surface area (Å²) in [6, 6.07) is 3.72. The van der Waals surface area contributed by atoms with Gasteiger partial charge in [-0.1, -0.05) is 0 Å². The predicted octanol–water partition coefficient (Wildman–Crippen LogP) is 0.638. The van der Waals surface area contributed by atoms with Crippen LogP contribution in [0.5, 0.6) is 0 Å². The standard InChI is InChI=1S/C10H13NO4S/c1-15-10(14)4-7-2-3-8(16-7)5-11-6-9(12)13/h2-3,11H,4-6H2,1H3,(H,12,13). The molecule has 0 atom stereocenters. The van der Waals surface area contributed by atoms with Crippen molar-refractivity contribution in [3.8, 4) is 0 Å². The number of esters is 1. The molecule has 0 aliphatic carbocycles. The van der Waals surface area contributed by atoms with E-state index < -0.39 is 5.97 Å². The second-order valence-electron chi connectivity index (χ2n) is 3.12. The number of methoxy groups -OCH3 is 1. The zero-order chi connectivity index (χ0) is 12.0. The van der Waals surface area contributed by atoms with Gasteiger partial charge in [0.25, 0.3) is 0 Å². The topological polar surface area (TPSA) is 75.6 Å². The number of hydrogen-bond donors (Lipinski definition) is 2. The lowest BCUT2D eigenvalue weighted by atomic mass is 10.3. The van der Waals surface area contributed by atoms with E-state index in [0.29, 0.717) is 6.54 Å². The third-order valence-electron chi connectivity index (χ3n) is 1.84. The number of thiophene rings is 1. The van der Waals surface area contributed by atoms with Crippen molar-refractivity contribution >= 4 is 23.3 Å². The Morgan fingerprint density at radius 2 is 2.12 bits per heavy atom. The maximum Gasteiger partial charge on any atom is 0.317 e. The van der Waals surface area contributed by atoms with E-state index in [-0.39, 0.29) is 18.9 Å². The van der Waals surface area contributed by atoms with Crippen LogP contribution in [0.25, 0.3) is 0 Å². The number of carbonyl (C=O) groups is 2. The van der Waals surface area contributed by atoms with Crippen LogP contribution in [-0.4, -0.2) is 30.7 Å². The second-order valence-corrected chi connectivity index (χ2v) is 4.37. The minimum absolute atomic E-state index is 0.0652. The molecule has 1 heterocycles. The Balaban J connectivity index is 2.39. The monoisotopic (exact) mass is 243 g/mol. The van der Waals surface area contributed by atoms with E-state index in [0.717, 1.165) is 9.75 Å². The molecule has 0 unspecified atom stereocenters. The zero-order valence-electron chi connectivity index (χ0n) is 8.86. The van der Waals surface area contributed by atoms with Crippen LogP contribution in [0.15, 0.2) is 12.1 Å². The summed E-state index contributed by atoms with van der Waals surface area (Å²) in [6.45, 7) is 0.433. The van der Waals surface area contributed by atoms with E-state index in [2.05, 4.69) is 10.1 Å². The van der Waals surface area contributed by atoms with Crippen molar-refractivity contribution in [1.82, 2.24) is 5.32 Å². The Kier molecular flexibility index (Phi) is 4.94. The molecule has 0 amide bonds. The van der Waals surface area contributed by atoms with Gasteiger partial charge in [0.05, 0.1) is 20.1 Å². The number of rotatable bonds is 6. The maximum atomic E-state index is 11.0. The summed E-state index contributed by atoms with van der Waals surface area (Å²) in [6.07, 6.45) is 0.264. The van der Waals surface area contributed by atoms with Gasteiger partial charge in [0, 0.05) is 16.3 Å². The molecule has 0 aromatic carbocycles. The van der Waals surface area contributed by atoms with E-state index in [1.807, 2.05) is 12.1 Å². The Morgan fingerprint density at radius 1 is 1.44 bits per heavy atom. The average molecular weight is 243 g/mol. The van der Waals surface area contributed by atoms with Gasteiger partial charge in [0.2, 0.25) is 0 Å². The van der Waals surface area contributed by atoms with E-state index in [1.54, 1.807) is 0 Å². The van der Waals surface area contributed by atoms with Gasteiger partial charge in [-0.2, -0.15) is 0 Å². The van der Waals surface area contributed by atoms with Crippen LogP contribution in [0, 0.1) is 0 Å². The summed E-state index contributed by atoms with van der Waals surface area (Å²) < 4.78 is 4.55. The highest BCUT2D eigenvalue weighted by molar-refractivity contribution is 7.12. The highest BCUT2D eigenvalue weighted by Gasteiger charge is 2.06. The SMILES string of the molecule is COC(=O)Cc1ccc(CNCC(=O)O)s1. The molecule has 5 nitrogen and oxygen atoms in total. The third-order valence-corrected chi connectivity index (χ3v) is 2.92. The van der Waals surface area contributed by atoms with Crippen molar-refractivity contribution < 1.29 is 19.4 Å². The first kappa shape index (κ1) is 12.7. The molecule has 0 spiro atoms. The largest absolute Gasteiger partial charge is 0.480 e. The summed E-state index contributed by atoms with van der Waals surface area (Å²) in [4.78, 5) is 23.2. The number of carboxylic acid groups (broad SMARTS) is 1. The lowest BCUT2D eigenvalue weighted by Crippen LogP contribution is -2.21. The number of carboxylic acids is 1. The first-order valence-corrected chi connectivity index (χ1v) is 5.50. The van der Waals surface area contributed by atoms with E-state index in [9.17, 15) is 9.59 Å². The van der Waals surface area contributed by atoms with Gasteiger partial charge in [0.1, 0.15) is 0 Å². The number of nitrogens with one attached hydrogen (secondary N) is 1. The Morgan fingerprint density at radius 3 is 2.75 bits per heavy atom. The van der Waals surface area contributed by atoms with E-state index in [1.165, 1.54) is 18.4 Å². The molecule has 0 radical (unpaired) electrons. The molecular formula is C10H13NO4S. The lowest BCUT2D eigenvalue weighted by Gasteiger charge is -1.98. The molecule has 0 bridgehead atoms. The third kappa shape index (κ3) is 4.41. The Hall–Kier alpha value is -1.40. The zero-order valence-corrected chi connectivity index (χ0v) is 9.67. The molecule has 2 N–H and O–H groups in total. The summed E-state index contributed by atoms with van der Waals surface area (Å²) in [5, 5.41) is 11.2. The smallest absolute Gasteiger partial charge is 0.317 e. The van der Waals surface area contributed by atoms with Crippen LogP contribution in [0.1, 0.15) is 9.75 Å². The molecular weight excluding hydrogens is 230 g/mol. The molecule has 1 rings (SSSR count). The number of ether oxygens (including phenoxy) is 1. The highest BCUT2D eigenvalue weighted by atomic mass is 32.1. The number of aliphatic carboxylic acids is 1. The van der Waals surface area contributed by atoms with Gasteiger partial charge >= 0.3 is 11.9 Å². The highest BCUT2D eigenvalue weighted by Crippen LogP contribution is 2.17. The van der Waals surface area contributed by atoms with Crippen molar-refractivity contribution in [1.29, 1.82) is 0 Å². The maximum absolute atomic E-state index is 11.0. The molecule has 0 saturated heterocycles. The second kappa shape index (κ2) is 6.24. The van der Waals surface area contributed by atoms with Crippen LogP contribution < -0.4 is 5.32 Å². The molecule has 6 heteroatoms. The van der Waals surface area contributed by atoms with Crippen LogP contribution in [0.3, 0.4) is 0 Å². The molecule has 1 aromatic rings. The molecule has 1 aromatic heterocycles. The summed E-state index contributed by atoms with van der Waals surface area (Å²) >= 11 is 1.47. The van der Waals surface area contributed by atoms with Crippen molar-refractivity contribution in [2.24, 2.45) is 0 Å². The van der Waals surface area contributed by atoms with Gasteiger partial charge in [-0.3, -0.25) is 9.59 Å². The van der Waals surface area contributed by atoms with Crippen LogP contribution in [0.2, 0.25) is 0 Å². The fourth-order valence-corrected chi connectivity index (χ4v) is 2.09. The van der Waals surface area contributed by atoms with Crippen molar-refractivity contribution in [3.05, 3.63) is 21.9 Å². The van der Waals surface area contributed by atoms with Crippen LogP contribution in [-0.2, 0) is 27.3 Å². The van der Waals surface area contributed by atoms with Gasteiger partial charge in [0.15, 0.2) is 0 Å². The summed E-state index contributed by atoms with van der Waals surface area (Å²) in [7, 11) is 1.35. The van der Waals surface area contributed by atoms with Crippen molar-refractivity contribution in [3.63, 3.8) is 0 Å². The molecule has 88 valence electrons. The van der Waals surface area contributed by atoms with Crippen LogP contribution >= 0.6 is 11.3 Å². The number of hydrogen-bond acceptors (Lipinski definition) is 5. The first-order chi connectivity index (χ1) is 7.61. The fourth-order valence-electron chi connectivity index (χ4n) is 1.12. The van der Waals surface area contributed by atoms with Gasteiger partial charge in [-0.05, 0) is 12.1 Å². The minimum atomic E-state index is -0.883. The van der Waals surface area contributed by atoms with E-state index in [4.69, 9.17) is 5.11 Å². The summed E-state index contributed by atoms with van der Waals surface area (Å²) in [5.74, 6) is -1.15. The predicted molar refractivity (Wildman–Crippen MR) is 59.4 cm³/mol. The first-order valence-electron chi connectivity index (χ1n) is 4.68. The van der Waals surface area contributed by atoms with Gasteiger partial charge in [-0.15, -0.1) is 11.3 Å². The van der Waals surface area contributed by atoms with Crippen molar-refractivity contribution in [2.75, 3.05) is 13.7 Å². The Bertz CT molecular complexity index is 375. The quantitative estimate of drug-likeness (QED) is 0.717. The minimum Gasteiger partial charge on any atom is -0.480 e. The van der Waals surface area contributed by atoms with Crippen molar-refractivity contribution in [2.45, 2.75) is 13.0 Å². The number of carbonyl (C=O) groups excluding carboxylic acids is 1.